The maximum atomic E-state index is 12.1. The average Bonchev–Trinajstić information content (AvgIpc) is 2.63. The van der Waals surface area contributed by atoms with E-state index >= 15 is 0 Å². The van der Waals surface area contributed by atoms with Crippen molar-refractivity contribution < 1.29 is 50.1 Å². The quantitative estimate of drug-likeness (QED) is 0.187. The Labute approximate surface area is 147 Å². The molecule has 0 aliphatic carbocycles. The van der Waals surface area contributed by atoms with E-state index in [4.69, 9.17) is 14.9 Å². The van der Waals surface area contributed by atoms with Crippen LogP contribution in [0.2, 0.25) is 0 Å². The van der Waals surface area contributed by atoms with Gasteiger partial charge in [-0.25, -0.2) is 4.79 Å². The fraction of sp³-hybridized carbons (Fsp3) is 0.375. The van der Waals surface area contributed by atoms with Gasteiger partial charge in [-0.2, -0.15) is 0 Å². The summed E-state index contributed by atoms with van der Waals surface area (Å²) in [7, 11) is 1.29. The van der Waals surface area contributed by atoms with Crippen LogP contribution < -0.4 is 4.74 Å². The number of hydrogen-bond donors (Lipinski definition) is 7. The fourth-order valence-corrected chi connectivity index (χ4v) is 2.04. The Morgan fingerprint density at radius 2 is 1.88 bits per heavy atom. The van der Waals surface area contributed by atoms with Crippen molar-refractivity contribution in [3.8, 4) is 11.5 Å². The number of ketones is 1. The molecule has 0 unspecified atom stereocenters. The predicted molar refractivity (Wildman–Crippen MR) is 86.4 cm³/mol. The molecule has 0 radical (unpaired) electrons. The monoisotopic (exact) mass is 372 g/mol. The van der Waals surface area contributed by atoms with Gasteiger partial charge in [-0.05, 0) is 23.8 Å². The van der Waals surface area contributed by atoms with Gasteiger partial charge in [0, 0.05) is 0 Å². The Kier molecular flexibility index (Phi) is 7.24. The number of ether oxygens (including phenoxy) is 1. The molecule has 144 valence electrons. The van der Waals surface area contributed by atoms with Crippen LogP contribution in [0.15, 0.2) is 24.3 Å². The minimum absolute atomic E-state index is 0.0784. The number of carbonyl (C=O) groups is 2. The van der Waals surface area contributed by atoms with Crippen LogP contribution in [0.5, 0.6) is 11.5 Å². The zero-order chi connectivity index (χ0) is 20.1. The molecule has 4 atom stereocenters. The summed E-state index contributed by atoms with van der Waals surface area (Å²) >= 11 is 0. The normalized spacial score (nSPS) is 17.3. The molecule has 1 rings (SSSR count). The van der Waals surface area contributed by atoms with Crippen LogP contribution in [-0.2, 0) is 9.59 Å². The number of carbonyl (C=O) groups excluding carboxylic acids is 1. The topological polar surface area (TPSA) is 185 Å². The number of methoxy groups -OCH3 is 1. The molecule has 0 fully saturated rings. The second-order valence-electron chi connectivity index (χ2n) is 5.39. The zero-order valence-corrected chi connectivity index (χ0v) is 13.7. The van der Waals surface area contributed by atoms with E-state index in [0.717, 1.165) is 6.08 Å². The molecule has 0 amide bonds. The zero-order valence-electron chi connectivity index (χ0n) is 13.7. The highest BCUT2D eigenvalue weighted by Gasteiger charge is 2.53. The Morgan fingerprint density at radius 1 is 1.27 bits per heavy atom. The molecule has 26 heavy (non-hydrogen) atoms. The molecule has 0 saturated carbocycles. The van der Waals surface area contributed by atoms with Gasteiger partial charge in [0.15, 0.2) is 11.5 Å². The summed E-state index contributed by atoms with van der Waals surface area (Å²) in [5.41, 5.74) is -3.17. The van der Waals surface area contributed by atoms with E-state index in [9.17, 15) is 35.1 Å². The summed E-state index contributed by atoms with van der Waals surface area (Å²) < 4.78 is 4.87. The van der Waals surface area contributed by atoms with Gasteiger partial charge >= 0.3 is 5.97 Å². The van der Waals surface area contributed by atoms with Gasteiger partial charge in [-0.15, -0.1) is 0 Å². The van der Waals surface area contributed by atoms with Crippen molar-refractivity contribution in [3.05, 3.63) is 29.8 Å². The highest BCUT2D eigenvalue weighted by atomic mass is 16.5. The van der Waals surface area contributed by atoms with Crippen LogP contribution in [0.1, 0.15) is 5.56 Å². The van der Waals surface area contributed by atoms with E-state index in [0.29, 0.717) is 11.6 Å². The standard InChI is InChI=1S/C16H20O10/c1-26-11-6-8(2-4-9(11)18)3-5-12(20)16(25,15(23)24)14(22)13(21)10(19)7-17/h2-6,10,13-14,17-19,21-22,25H,7H2,1H3,(H,23,24)/b5-3+/t10-,13-,14+,16-/m1/s1. The Balaban J connectivity index is 3.14. The maximum absolute atomic E-state index is 12.1. The van der Waals surface area contributed by atoms with Crippen molar-refractivity contribution in [2.75, 3.05) is 13.7 Å². The van der Waals surface area contributed by atoms with Crippen LogP contribution in [0.4, 0.5) is 0 Å². The van der Waals surface area contributed by atoms with E-state index in [-0.39, 0.29) is 11.5 Å². The van der Waals surface area contributed by atoms with Gasteiger partial charge in [0.1, 0.15) is 18.3 Å². The van der Waals surface area contributed by atoms with Crippen LogP contribution in [0.3, 0.4) is 0 Å². The molecule has 0 saturated heterocycles. The number of phenolic OH excluding ortho intramolecular Hbond substituents is 1. The number of carboxylic acids is 1. The third-order valence-corrected chi connectivity index (χ3v) is 3.67. The van der Waals surface area contributed by atoms with E-state index < -0.39 is 42.3 Å². The SMILES string of the molecule is COc1cc(/C=C/C(=O)[C@](O)(C(=O)O)[C@@H](O)[C@H](O)[C@H](O)CO)ccc1O. The van der Waals surface area contributed by atoms with Gasteiger partial charge in [-0.1, -0.05) is 12.1 Å². The summed E-state index contributed by atoms with van der Waals surface area (Å²) in [5.74, 6) is -3.75. The first-order valence-corrected chi connectivity index (χ1v) is 7.29. The Bertz CT molecular complexity index is 686. The molecule has 0 heterocycles. The molecule has 0 aromatic heterocycles. The minimum Gasteiger partial charge on any atom is -0.504 e. The number of aliphatic hydroxyl groups is 5. The van der Waals surface area contributed by atoms with E-state index in [1.165, 1.54) is 25.3 Å². The molecule has 7 N–H and O–H groups in total. The number of benzene rings is 1. The van der Waals surface area contributed by atoms with Gasteiger partial charge < -0.3 is 40.5 Å². The molecule has 1 aromatic rings. The molecule has 0 spiro atoms. The molecule has 10 nitrogen and oxygen atoms in total. The van der Waals surface area contributed by atoms with Crippen LogP contribution in [-0.4, -0.2) is 85.1 Å². The molecular weight excluding hydrogens is 352 g/mol. The summed E-state index contributed by atoms with van der Waals surface area (Å²) in [6.07, 6.45) is -5.17. The van der Waals surface area contributed by atoms with Gasteiger partial charge in [-0.3, -0.25) is 4.79 Å². The van der Waals surface area contributed by atoms with Crippen LogP contribution in [0, 0.1) is 0 Å². The first-order chi connectivity index (χ1) is 12.1. The van der Waals surface area contributed by atoms with Gasteiger partial charge in [0.05, 0.1) is 13.7 Å². The first kappa shape index (κ1) is 21.5. The third-order valence-electron chi connectivity index (χ3n) is 3.67. The van der Waals surface area contributed by atoms with Crippen LogP contribution in [0.25, 0.3) is 6.08 Å². The fourth-order valence-electron chi connectivity index (χ4n) is 2.04. The lowest BCUT2D eigenvalue weighted by molar-refractivity contribution is -0.191. The molecule has 0 bridgehead atoms. The van der Waals surface area contributed by atoms with E-state index in [2.05, 4.69) is 0 Å². The summed E-state index contributed by atoms with van der Waals surface area (Å²) in [4.78, 5) is 23.4. The summed E-state index contributed by atoms with van der Waals surface area (Å²) in [5, 5.41) is 66.2. The second-order valence-corrected chi connectivity index (χ2v) is 5.39. The number of aliphatic hydroxyl groups excluding tert-OH is 4. The number of aromatic hydroxyl groups is 1. The first-order valence-electron chi connectivity index (χ1n) is 7.29. The van der Waals surface area contributed by atoms with Crippen molar-refractivity contribution in [1.82, 2.24) is 0 Å². The highest BCUT2D eigenvalue weighted by Crippen LogP contribution is 2.27. The molecule has 0 aliphatic rings. The Morgan fingerprint density at radius 3 is 2.38 bits per heavy atom. The molecule has 1 aromatic carbocycles. The van der Waals surface area contributed by atoms with Gasteiger partial charge in [0.25, 0.3) is 5.60 Å². The third kappa shape index (κ3) is 4.36. The number of rotatable bonds is 9. The highest BCUT2D eigenvalue weighted by molar-refractivity contribution is 6.13. The van der Waals surface area contributed by atoms with Crippen molar-refractivity contribution in [3.63, 3.8) is 0 Å². The number of carboxylic acid groups (broad SMARTS) is 1. The van der Waals surface area contributed by atoms with Gasteiger partial charge in [0.2, 0.25) is 5.78 Å². The van der Waals surface area contributed by atoms with Crippen molar-refractivity contribution in [2.45, 2.75) is 23.9 Å². The molecule has 0 aliphatic heterocycles. The van der Waals surface area contributed by atoms with Crippen molar-refractivity contribution in [2.24, 2.45) is 0 Å². The molecule has 10 heteroatoms. The molecular formula is C16H20O10. The Hall–Kier alpha value is -2.50. The largest absolute Gasteiger partial charge is 0.504 e. The van der Waals surface area contributed by atoms with E-state index in [1.54, 1.807) is 0 Å². The average molecular weight is 372 g/mol. The maximum Gasteiger partial charge on any atom is 0.346 e. The smallest absolute Gasteiger partial charge is 0.346 e. The van der Waals surface area contributed by atoms with Crippen molar-refractivity contribution >= 4 is 17.8 Å². The summed E-state index contributed by atoms with van der Waals surface area (Å²) in [6, 6.07) is 3.94. The van der Waals surface area contributed by atoms with E-state index in [1.807, 2.05) is 0 Å². The summed E-state index contributed by atoms with van der Waals surface area (Å²) in [6.45, 7) is -1.04. The lowest BCUT2D eigenvalue weighted by Crippen LogP contribution is -2.62. The predicted octanol–water partition coefficient (Wildman–Crippen LogP) is -2.13. The second kappa shape index (κ2) is 8.74. The lowest BCUT2D eigenvalue weighted by Gasteiger charge is -2.31. The number of hydrogen-bond acceptors (Lipinski definition) is 9. The van der Waals surface area contributed by atoms with Crippen molar-refractivity contribution in [1.29, 1.82) is 0 Å². The number of phenols is 1. The minimum atomic E-state index is -3.47. The van der Waals surface area contributed by atoms with Crippen LogP contribution >= 0.6 is 0 Å². The lowest BCUT2D eigenvalue weighted by atomic mass is 9.86. The number of aliphatic carboxylic acids is 1.